The van der Waals surface area contributed by atoms with Crippen LogP contribution in [0.2, 0.25) is 0 Å². The average Bonchev–Trinajstić information content (AvgIpc) is 2.41. The summed E-state index contributed by atoms with van der Waals surface area (Å²) in [4.78, 5) is 11.8. The maximum Gasteiger partial charge on any atom is 0.242 e. The molecule has 0 radical (unpaired) electrons. The van der Waals surface area contributed by atoms with E-state index in [1.165, 1.54) is 5.56 Å². The Balaban J connectivity index is 2.42. The second-order valence-electron chi connectivity index (χ2n) is 4.60. The Hall–Kier alpha value is -1.55. The highest BCUT2D eigenvalue weighted by Gasteiger charge is 2.11. The van der Waals surface area contributed by atoms with Gasteiger partial charge in [-0.25, -0.2) is 0 Å². The summed E-state index contributed by atoms with van der Waals surface area (Å²) < 4.78 is 4.89. The first-order chi connectivity index (χ1) is 9.17. The standard InChI is InChI=1S/C15H24N2O2/c1-4-5-13-6-8-14(9-7-13)17-12(2)15(18)16-10-11-19-3/h6-9,12,17H,4-5,10-11H2,1-3H3,(H,16,18). The number of methoxy groups -OCH3 is 1. The molecule has 0 aliphatic rings. The Morgan fingerprint density at radius 1 is 1.32 bits per heavy atom. The number of benzene rings is 1. The van der Waals surface area contributed by atoms with Crippen molar-refractivity contribution >= 4 is 11.6 Å². The minimum atomic E-state index is -0.256. The number of aryl methyl sites for hydroxylation is 1. The van der Waals surface area contributed by atoms with Gasteiger partial charge in [0.15, 0.2) is 0 Å². The largest absolute Gasteiger partial charge is 0.383 e. The number of nitrogens with one attached hydrogen (secondary N) is 2. The van der Waals surface area contributed by atoms with Gasteiger partial charge in [-0.15, -0.1) is 0 Å². The molecule has 1 unspecified atom stereocenters. The van der Waals surface area contributed by atoms with E-state index in [0.29, 0.717) is 13.2 Å². The van der Waals surface area contributed by atoms with E-state index in [4.69, 9.17) is 4.74 Å². The zero-order chi connectivity index (χ0) is 14.1. The highest BCUT2D eigenvalue weighted by Crippen LogP contribution is 2.12. The van der Waals surface area contributed by atoms with Crippen LogP contribution in [-0.4, -0.2) is 32.2 Å². The molecule has 1 rings (SSSR count). The second-order valence-corrected chi connectivity index (χ2v) is 4.60. The quantitative estimate of drug-likeness (QED) is 0.708. The molecule has 0 fully saturated rings. The fourth-order valence-corrected chi connectivity index (χ4v) is 1.80. The molecule has 1 aromatic rings. The Morgan fingerprint density at radius 3 is 2.58 bits per heavy atom. The van der Waals surface area contributed by atoms with Crippen molar-refractivity contribution < 1.29 is 9.53 Å². The number of carbonyl (C=O) groups is 1. The van der Waals surface area contributed by atoms with Crippen molar-refractivity contribution in [1.82, 2.24) is 5.32 Å². The molecule has 0 heterocycles. The van der Waals surface area contributed by atoms with Crippen LogP contribution in [-0.2, 0) is 16.0 Å². The van der Waals surface area contributed by atoms with Crippen LogP contribution in [0.15, 0.2) is 24.3 Å². The summed E-state index contributed by atoms with van der Waals surface area (Å²) in [7, 11) is 1.62. The van der Waals surface area contributed by atoms with Crippen molar-refractivity contribution in [1.29, 1.82) is 0 Å². The van der Waals surface area contributed by atoms with Crippen LogP contribution in [0.1, 0.15) is 25.8 Å². The van der Waals surface area contributed by atoms with Crippen LogP contribution in [0, 0.1) is 0 Å². The highest BCUT2D eigenvalue weighted by molar-refractivity contribution is 5.84. The number of hydrogen-bond acceptors (Lipinski definition) is 3. The summed E-state index contributed by atoms with van der Waals surface area (Å²) in [5, 5.41) is 5.99. The molecule has 2 N–H and O–H groups in total. The fourth-order valence-electron chi connectivity index (χ4n) is 1.80. The topological polar surface area (TPSA) is 50.4 Å². The molecule has 1 aromatic carbocycles. The third kappa shape index (κ3) is 5.75. The van der Waals surface area contributed by atoms with Crippen LogP contribution in [0.5, 0.6) is 0 Å². The van der Waals surface area contributed by atoms with Crippen molar-refractivity contribution in [2.45, 2.75) is 32.7 Å². The Kier molecular flexibility index (Phi) is 6.97. The molecule has 4 nitrogen and oxygen atoms in total. The fraction of sp³-hybridized carbons (Fsp3) is 0.533. The van der Waals surface area contributed by atoms with Crippen molar-refractivity contribution in [3.8, 4) is 0 Å². The van der Waals surface area contributed by atoms with Crippen LogP contribution in [0.3, 0.4) is 0 Å². The average molecular weight is 264 g/mol. The first-order valence-corrected chi connectivity index (χ1v) is 6.79. The van der Waals surface area contributed by atoms with E-state index in [1.807, 2.05) is 19.1 Å². The number of anilines is 1. The first kappa shape index (κ1) is 15.5. The van der Waals surface area contributed by atoms with Crippen molar-refractivity contribution in [3.05, 3.63) is 29.8 Å². The Bertz CT molecular complexity index is 376. The second kappa shape index (κ2) is 8.53. The highest BCUT2D eigenvalue weighted by atomic mass is 16.5. The van der Waals surface area contributed by atoms with Crippen molar-refractivity contribution in [2.24, 2.45) is 0 Å². The lowest BCUT2D eigenvalue weighted by atomic mass is 10.1. The molecule has 0 aliphatic heterocycles. The van der Waals surface area contributed by atoms with Gasteiger partial charge in [0, 0.05) is 19.3 Å². The monoisotopic (exact) mass is 264 g/mol. The van der Waals surface area contributed by atoms with Crippen LogP contribution >= 0.6 is 0 Å². The maximum atomic E-state index is 11.8. The van der Waals surface area contributed by atoms with Crippen LogP contribution < -0.4 is 10.6 Å². The molecule has 1 atom stereocenters. The molecule has 0 bridgehead atoms. The third-order valence-corrected chi connectivity index (χ3v) is 2.87. The summed E-state index contributed by atoms with van der Waals surface area (Å²) >= 11 is 0. The van der Waals surface area contributed by atoms with E-state index < -0.39 is 0 Å². The Labute approximate surface area is 115 Å². The molecule has 1 amide bonds. The molecule has 0 aromatic heterocycles. The van der Waals surface area contributed by atoms with Crippen LogP contribution in [0.25, 0.3) is 0 Å². The van der Waals surface area contributed by atoms with Gasteiger partial charge in [-0.3, -0.25) is 4.79 Å². The molecule has 106 valence electrons. The first-order valence-electron chi connectivity index (χ1n) is 6.79. The molecule has 0 saturated carbocycles. The number of amides is 1. The SMILES string of the molecule is CCCc1ccc(NC(C)C(=O)NCCOC)cc1. The maximum absolute atomic E-state index is 11.8. The van der Waals surface area contributed by atoms with Gasteiger partial charge in [-0.05, 0) is 31.0 Å². The number of ether oxygens (including phenoxy) is 1. The van der Waals surface area contributed by atoms with E-state index in [9.17, 15) is 4.79 Å². The number of rotatable bonds is 8. The van der Waals surface area contributed by atoms with E-state index >= 15 is 0 Å². The van der Waals surface area contributed by atoms with Gasteiger partial charge in [-0.1, -0.05) is 25.5 Å². The smallest absolute Gasteiger partial charge is 0.242 e. The minimum absolute atomic E-state index is 0.0188. The van der Waals surface area contributed by atoms with Gasteiger partial charge in [0.25, 0.3) is 0 Å². The molecular weight excluding hydrogens is 240 g/mol. The van der Waals surface area contributed by atoms with Gasteiger partial charge in [0.2, 0.25) is 5.91 Å². The minimum Gasteiger partial charge on any atom is -0.383 e. The molecule has 0 spiro atoms. The van der Waals surface area contributed by atoms with E-state index in [2.05, 4.69) is 29.7 Å². The zero-order valence-electron chi connectivity index (χ0n) is 12.0. The number of carbonyl (C=O) groups excluding carboxylic acids is 1. The van der Waals surface area contributed by atoms with Gasteiger partial charge in [0.1, 0.15) is 6.04 Å². The summed E-state index contributed by atoms with van der Waals surface area (Å²) in [5.41, 5.74) is 2.29. The third-order valence-electron chi connectivity index (χ3n) is 2.87. The van der Waals surface area contributed by atoms with Crippen molar-refractivity contribution in [3.63, 3.8) is 0 Å². The molecule has 4 heteroatoms. The normalized spacial score (nSPS) is 11.9. The van der Waals surface area contributed by atoms with Crippen molar-refractivity contribution in [2.75, 3.05) is 25.6 Å². The van der Waals surface area contributed by atoms with Gasteiger partial charge in [0.05, 0.1) is 6.61 Å². The summed E-state index contributed by atoms with van der Waals surface area (Å²) in [5.74, 6) is -0.0188. The predicted molar refractivity (Wildman–Crippen MR) is 78.4 cm³/mol. The van der Waals surface area contributed by atoms with E-state index in [1.54, 1.807) is 7.11 Å². The summed E-state index contributed by atoms with van der Waals surface area (Å²) in [6.45, 7) is 5.08. The molecule has 19 heavy (non-hydrogen) atoms. The van der Waals surface area contributed by atoms with Gasteiger partial charge < -0.3 is 15.4 Å². The lowest BCUT2D eigenvalue weighted by Crippen LogP contribution is -2.39. The van der Waals surface area contributed by atoms with E-state index in [0.717, 1.165) is 18.5 Å². The molecule has 0 saturated heterocycles. The lowest BCUT2D eigenvalue weighted by Gasteiger charge is -2.15. The summed E-state index contributed by atoms with van der Waals surface area (Å²) in [6.07, 6.45) is 2.23. The lowest BCUT2D eigenvalue weighted by molar-refractivity contribution is -0.121. The van der Waals surface area contributed by atoms with Crippen LogP contribution in [0.4, 0.5) is 5.69 Å². The zero-order valence-corrected chi connectivity index (χ0v) is 12.0. The van der Waals surface area contributed by atoms with Gasteiger partial charge in [-0.2, -0.15) is 0 Å². The Morgan fingerprint density at radius 2 is 2.00 bits per heavy atom. The summed E-state index contributed by atoms with van der Waals surface area (Å²) in [6, 6.07) is 7.98. The molecule has 0 aliphatic carbocycles. The van der Waals surface area contributed by atoms with Gasteiger partial charge >= 0.3 is 0 Å². The molecular formula is C15H24N2O2. The van der Waals surface area contributed by atoms with E-state index in [-0.39, 0.29) is 11.9 Å². The predicted octanol–water partition coefficient (Wildman–Crippen LogP) is 2.20. The number of hydrogen-bond donors (Lipinski definition) is 2.